The number of pyridine rings is 1. The quantitative estimate of drug-likeness (QED) is 0.485. The Labute approximate surface area is 186 Å². The van der Waals surface area contributed by atoms with Crippen LogP contribution in [0, 0.1) is 0 Å². The zero-order chi connectivity index (χ0) is 22.0. The fourth-order valence-corrected chi connectivity index (χ4v) is 4.06. The van der Waals surface area contributed by atoms with Gasteiger partial charge in [0.15, 0.2) is 0 Å². The molecule has 2 heterocycles. The van der Waals surface area contributed by atoms with E-state index in [1.807, 2.05) is 62.4 Å². The van der Waals surface area contributed by atoms with Gasteiger partial charge in [-0.2, -0.15) is 5.10 Å². The molecule has 2 aromatic carbocycles. The van der Waals surface area contributed by atoms with Gasteiger partial charge in [-0.25, -0.2) is 9.99 Å². The van der Waals surface area contributed by atoms with Gasteiger partial charge >= 0.3 is 0 Å². The van der Waals surface area contributed by atoms with E-state index in [-0.39, 0.29) is 11.9 Å². The number of carbonyl (C=O) groups is 1. The van der Waals surface area contributed by atoms with E-state index in [0.29, 0.717) is 35.9 Å². The van der Waals surface area contributed by atoms with Crippen LogP contribution in [0.25, 0.3) is 10.9 Å². The number of para-hydroxylation sites is 1. The molecule has 1 atom stereocenters. The summed E-state index contributed by atoms with van der Waals surface area (Å²) in [4.78, 5) is 17.3. The number of halogens is 1. The van der Waals surface area contributed by atoms with Gasteiger partial charge in [0.1, 0.15) is 22.2 Å². The van der Waals surface area contributed by atoms with Crippen LogP contribution in [0.3, 0.4) is 0 Å². The smallest absolute Gasteiger partial charge is 0.242 e. The number of hydrogen-bond donors (Lipinski definition) is 0. The number of fused-ring (bicyclic) bond motifs is 1. The Hall–Kier alpha value is -3.12. The van der Waals surface area contributed by atoms with E-state index in [1.165, 1.54) is 5.01 Å². The van der Waals surface area contributed by atoms with Crippen molar-refractivity contribution in [3.63, 3.8) is 0 Å². The summed E-state index contributed by atoms with van der Waals surface area (Å²) < 4.78 is 11.0. The highest BCUT2D eigenvalue weighted by Crippen LogP contribution is 2.39. The van der Waals surface area contributed by atoms with Crippen molar-refractivity contribution in [2.24, 2.45) is 5.10 Å². The van der Waals surface area contributed by atoms with E-state index < -0.39 is 0 Å². The Bertz CT molecular complexity index is 1160. The van der Waals surface area contributed by atoms with Crippen molar-refractivity contribution in [1.82, 2.24) is 9.99 Å². The normalized spacial score (nSPS) is 15.8. The van der Waals surface area contributed by atoms with Crippen LogP contribution in [0.5, 0.6) is 11.5 Å². The highest BCUT2D eigenvalue weighted by Gasteiger charge is 2.34. The zero-order valence-electron chi connectivity index (χ0n) is 17.8. The molecule has 6 nitrogen and oxygen atoms in total. The molecule has 1 unspecified atom stereocenters. The first-order chi connectivity index (χ1) is 15.0. The van der Waals surface area contributed by atoms with E-state index in [1.54, 1.807) is 7.11 Å². The lowest BCUT2D eigenvalue weighted by atomic mass is 9.98. The van der Waals surface area contributed by atoms with E-state index in [4.69, 9.17) is 21.1 Å². The number of nitrogens with zero attached hydrogens (tertiary/aromatic N) is 3. The molecule has 0 saturated carbocycles. The van der Waals surface area contributed by atoms with Crippen LogP contribution < -0.4 is 9.47 Å². The van der Waals surface area contributed by atoms with Gasteiger partial charge in [0.05, 0.1) is 25.5 Å². The predicted octanol–water partition coefficient (Wildman–Crippen LogP) is 5.38. The molecule has 0 spiro atoms. The van der Waals surface area contributed by atoms with Gasteiger partial charge in [0, 0.05) is 29.4 Å². The fourth-order valence-electron chi connectivity index (χ4n) is 3.79. The van der Waals surface area contributed by atoms with Crippen molar-refractivity contribution in [3.05, 3.63) is 64.8 Å². The number of benzene rings is 2. The first kappa shape index (κ1) is 21.1. The maximum Gasteiger partial charge on any atom is 0.242 e. The fraction of sp³-hybridized carbons (Fsp3) is 0.292. The molecular weight excluding hydrogens is 414 g/mol. The molecule has 0 bridgehead atoms. The van der Waals surface area contributed by atoms with Crippen LogP contribution in [-0.4, -0.2) is 35.3 Å². The summed E-state index contributed by atoms with van der Waals surface area (Å²) in [6.07, 6.45) is 0.884. The van der Waals surface area contributed by atoms with Crippen molar-refractivity contribution in [1.29, 1.82) is 0 Å². The second kappa shape index (κ2) is 8.94. The molecule has 31 heavy (non-hydrogen) atoms. The maximum atomic E-state index is 12.7. The number of methoxy groups -OCH3 is 1. The Morgan fingerprint density at radius 1 is 1.19 bits per heavy atom. The highest BCUT2D eigenvalue weighted by atomic mass is 35.5. The Morgan fingerprint density at radius 3 is 2.74 bits per heavy atom. The molecule has 7 heteroatoms. The van der Waals surface area contributed by atoms with E-state index in [9.17, 15) is 4.79 Å². The SMILES string of the molecule is CCOc1cccc2cc(C3CC(c4cccc(OC)c4)=NN3C(=O)CC)c(Cl)nc12. The molecule has 1 aliphatic heterocycles. The third kappa shape index (κ3) is 4.08. The van der Waals surface area contributed by atoms with Crippen molar-refractivity contribution < 1.29 is 14.3 Å². The lowest BCUT2D eigenvalue weighted by Gasteiger charge is -2.22. The number of aromatic nitrogens is 1. The van der Waals surface area contributed by atoms with Crippen LogP contribution >= 0.6 is 11.6 Å². The number of rotatable bonds is 6. The van der Waals surface area contributed by atoms with E-state index in [2.05, 4.69) is 10.1 Å². The number of hydrazone groups is 1. The molecule has 160 valence electrons. The molecule has 3 aromatic rings. The minimum Gasteiger partial charge on any atom is -0.497 e. The van der Waals surface area contributed by atoms with Crippen LogP contribution in [0.1, 0.15) is 43.9 Å². The number of hydrogen-bond acceptors (Lipinski definition) is 5. The lowest BCUT2D eigenvalue weighted by Crippen LogP contribution is -2.26. The number of amides is 1. The standard InChI is InChI=1S/C24H24ClN3O3/c1-4-22(29)28-20(14-19(27-28)15-8-6-10-17(12-15)30-3)18-13-16-9-7-11-21(31-5-2)23(16)26-24(18)25/h6-13,20H,4-5,14H2,1-3H3. The number of carbonyl (C=O) groups excluding carboxylic acids is 1. The number of ether oxygens (including phenoxy) is 2. The van der Waals surface area contributed by atoms with Crippen LogP contribution in [-0.2, 0) is 4.79 Å². The first-order valence-corrected chi connectivity index (χ1v) is 10.7. The topological polar surface area (TPSA) is 64.0 Å². The molecule has 0 saturated heterocycles. The third-order valence-electron chi connectivity index (χ3n) is 5.32. The van der Waals surface area contributed by atoms with Gasteiger partial charge in [-0.1, -0.05) is 42.8 Å². The average molecular weight is 438 g/mol. The van der Waals surface area contributed by atoms with Crippen LogP contribution in [0.4, 0.5) is 0 Å². The molecule has 0 radical (unpaired) electrons. The van der Waals surface area contributed by atoms with Crippen molar-refractivity contribution in [2.45, 2.75) is 32.7 Å². The molecule has 1 aromatic heterocycles. The second-order valence-electron chi connectivity index (χ2n) is 7.22. The summed E-state index contributed by atoms with van der Waals surface area (Å²) in [7, 11) is 1.63. The minimum atomic E-state index is -0.325. The van der Waals surface area contributed by atoms with Crippen molar-refractivity contribution in [3.8, 4) is 11.5 Å². The van der Waals surface area contributed by atoms with Gasteiger partial charge in [-0.15, -0.1) is 0 Å². The predicted molar refractivity (Wildman–Crippen MR) is 122 cm³/mol. The van der Waals surface area contributed by atoms with Gasteiger partial charge in [0.25, 0.3) is 0 Å². The highest BCUT2D eigenvalue weighted by molar-refractivity contribution is 6.30. The zero-order valence-corrected chi connectivity index (χ0v) is 18.5. The van der Waals surface area contributed by atoms with Gasteiger partial charge in [-0.05, 0) is 31.2 Å². The van der Waals surface area contributed by atoms with Crippen molar-refractivity contribution >= 4 is 34.1 Å². The third-order valence-corrected chi connectivity index (χ3v) is 5.62. The summed E-state index contributed by atoms with van der Waals surface area (Å²) in [5, 5.41) is 7.46. The summed E-state index contributed by atoms with van der Waals surface area (Å²) in [5.41, 5.74) is 3.20. The summed E-state index contributed by atoms with van der Waals surface area (Å²) in [6, 6.07) is 15.1. The van der Waals surface area contributed by atoms with Crippen molar-refractivity contribution in [2.75, 3.05) is 13.7 Å². The largest absolute Gasteiger partial charge is 0.497 e. The average Bonchev–Trinajstić information content (AvgIpc) is 3.24. The molecule has 0 N–H and O–H groups in total. The molecular formula is C24H24ClN3O3. The molecule has 0 aliphatic carbocycles. The monoisotopic (exact) mass is 437 g/mol. The summed E-state index contributed by atoms with van der Waals surface area (Å²) >= 11 is 6.63. The minimum absolute atomic E-state index is 0.0675. The van der Waals surface area contributed by atoms with Gasteiger partial charge in [0.2, 0.25) is 5.91 Å². The van der Waals surface area contributed by atoms with Gasteiger partial charge < -0.3 is 9.47 Å². The summed E-state index contributed by atoms with van der Waals surface area (Å²) in [5.74, 6) is 1.36. The summed E-state index contributed by atoms with van der Waals surface area (Å²) in [6.45, 7) is 4.30. The molecule has 1 aliphatic rings. The molecule has 0 fully saturated rings. The second-order valence-corrected chi connectivity index (χ2v) is 7.58. The van der Waals surface area contributed by atoms with E-state index in [0.717, 1.165) is 28.0 Å². The van der Waals surface area contributed by atoms with Gasteiger partial charge in [-0.3, -0.25) is 4.79 Å². The Balaban J connectivity index is 1.76. The molecule has 4 rings (SSSR count). The van der Waals surface area contributed by atoms with Crippen LogP contribution in [0.2, 0.25) is 5.15 Å². The maximum absolute atomic E-state index is 12.7. The first-order valence-electron chi connectivity index (χ1n) is 10.3. The van der Waals surface area contributed by atoms with E-state index >= 15 is 0 Å². The molecule has 1 amide bonds. The Kier molecular flexibility index (Phi) is 6.09. The lowest BCUT2D eigenvalue weighted by molar-refractivity contribution is -0.132. The van der Waals surface area contributed by atoms with Crippen LogP contribution in [0.15, 0.2) is 53.6 Å². The Morgan fingerprint density at radius 2 is 2.00 bits per heavy atom.